The third-order valence-electron chi connectivity index (χ3n) is 6.30. The molecule has 6 atom stereocenters. The molecule has 2 heterocycles. The van der Waals surface area contributed by atoms with Crippen LogP contribution in [0.25, 0.3) is 10.8 Å². The molecule has 4 rings (SSSR count). The quantitative estimate of drug-likeness (QED) is 0.256. The Morgan fingerprint density at radius 1 is 1.26 bits per heavy atom. The van der Waals surface area contributed by atoms with Crippen LogP contribution in [0.1, 0.15) is 33.9 Å². The molecule has 1 fully saturated rings. The molecule has 2 aromatic carbocycles. The Kier molecular flexibility index (Phi) is 9.19. The summed E-state index contributed by atoms with van der Waals surface area (Å²) in [5.74, 6) is -4.20. The van der Waals surface area contributed by atoms with Gasteiger partial charge in [0.1, 0.15) is 0 Å². The first kappa shape index (κ1) is 31.7. The first-order chi connectivity index (χ1) is 19.6. The topological polar surface area (TPSA) is 164 Å². The Morgan fingerprint density at radius 3 is 2.64 bits per heavy atom. The minimum absolute atomic E-state index is 0.134. The number of rotatable bonds is 9. The van der Waals surface area contributed by atoms with Crippen LogP contribution in [0.4, 0.5) is 8.78 Å². The molecule has 0 radical (unpaired) electrons. The molecule has 226 valence electrons. The van der Waals surface area contributed by atoms with E-state index in [1.165, 1.54) is 13.0 Å². The minimum Gasteiger partial charge on any atom is -0.575 e. The molecular weight excluding hydrogens is 647 g/mol. The molecule has 0 saturated carbocycles. The van der Waals surface area contributed by atoms with E-state index in [0.717, 1.165) is 13.1 Å². The van der Waals surface area contributed by atoms with E-state index in [-0.39, 0.29) is 16.0 Å². The molecule has 12 nitrogen and oxygen atoms in total. The van der Waals surface area contributed by atoms with Gasteiger partial charge in [-0.2, -0.15) is 0 Å². The van der Waals surface area contributed by atoms with Gasteiger partial charge in [0, 0.05) is 11.6 Å². The summed E-state index contributed by atoms with van der Waals surface area (Å²) in [6, 6.07) is 8.56. The van der Waals surface area contributed by atoms with Gasteiger partial charge in [0.15, 0.2) is 36.4 Å². The molecule has 1 unspecified atom stereocenters. The van der Waals surface area contributed by atoms with E-state index in [4.69, 9.17) is 18.7 Å². The Morgan fingerprint density at radius 2 is 1.95 bits per heavy atom. The van der Waals surface area contributed by atoms with E-state index >= 15 is 8.78 Å². The largest absolute Gasteiger partial charge is 0.575 e. The minimum atomic E-state index is -3.20. The zero-order chi connectivity index (χ0) is 31.0. The van der Waals surface area contributed by atoms with Crippen LogP contribution in [-0.2, 0) is 14.3 Å². The molecule has 16 heteroatoms. The first-order valence-electron chi connectivity index (χ1n) is 12.6. The van der Waals surface area contributed by atoms with Gasteiger partial charge in [-0.1, -0.05) is 35.1 Å². The monoisotopic (exact) mass is 673 g/mol. The molecule has 3 aromatic rings. The number of ether oxygens (including phenoxy) is 3. The number of aromatic amines is 1. The predicted molar refractivity (Wildman–Crippen MR) is 149 cm³/mol. The fourth-order valence-corrected chi connectivity index (χ4v) is 5.30. The van der Waals surface area contributed by atoms with Crippen LogP contribution in [0.5, 0.6) is 11.5 Å². The standard InChI is InChI=1S/C26H27BrF2N3O9P/c1-13(2)39-21(34)14(3)31-42(37)41-18-10-9-15-7-5-6-8-16(15)19(18)38-12-26(29)22(35)25(4,28)23(40-26)32-11-17(27)20(33)30-24(32)36/h5-11,13-14,22-23,35H,12H2,1-4H3,(H,30,33,36)/t14-,22-,23+,25+,26+/m0/s1. The normalized spacial score (nSPS) is 25.0. The van der Waals surface area contributed by atoms with Crippen LogP contribution in [0, 0.1) is 0 Å². The average Bonchev–Trinajstić information content (AvgIpc) is 3.09. The number of hydrogen-bond donors (Lipinski definition) is 2. The van der Waals surface area contributed by atoms with Crippen molar-refractivity contribution in [2.45, 2.75) is 63.7 Å². The van der Waals surface area contributed by atoms with Crippen molar-refractivity contribution >= 4 is 40.8 Å². The summed E-state index contributed by atoms with van der Waals surface area (Å²) < 4.78 is 57.5. The molecule has 1 saturated heterocycles. The Labute approximate surface area is 246 Å². The number of aliphatic hydroxyl groups is 1. The summed E-state index contributed by atoms with van der Waals surface area (Å²) in [5.41, 5.74) is -4.76. The Hall–Kier alpha value is -3.23. The molecule has 1 aromatic heterocycles. The van der Waals surface area contributed by atoms with Crippen molar-refractivity contribution in [1.82, 2.24) is 9.55 Å². The van der Waals surface area contributed by atoms with Crippen molar-refractivity contribution in [3.05, 3.63) is 67.9 Å². The third-order valence-corrected chi connectivity index (χ3v) is 7.76. The van der Waals surface area contributed by atoms with Crippen LogP contribution >= 0.6 is 24.1 Å². The number of hydrogen-bond acceptors (Lipinski definition) is 10. The van der Waals surface area contributed by atoms with Crippen molar-refractivity contribution in [2.24, 2.45) is 4.74 Å². The van der Waals surface area contributed by atoms with Crippen LogP contribution in [0.3, 0.4) is 0 Å². The Balaban J connectivity index is 1.64. The number of benzene rings is 2. The summed E-state index contributed by atoms with van der Waals surface area (Å²) in [4.78, 5) is 50.8. The maximum absolute atomic E-state index is 16.1. The van der Waals surface area contributed by atoms with Gasteiger partial charge >= 0.3 is 19.8 Å². The number of carbonyl (C=O) groups excluding carboxylic acids is 1. The highest BCUT2D eigenvalue weighted by Crippen LogP contribution is 2.48. The summed E-state index contributed by atoms with van der Waals surface area (Å²) in [5, 5.41) is 11.6. The first-order valence-corrected chi connectivity index (χ1v) is 14.5. The SMILES string of the molecule is CC(C)OC(=O)[C@H](C)/N=[P+](\[O-])Oc1ccc2ccccc2c1OC[C@@]1(F)O[C@@H](n2cc(Br)c(=O)[nH]c2=O)[C@](C)(F)[C@@H]1O. The number of nitrogens with zero attached hydrogens (tertiary/aromatic N) is 2. The number of esters is 1. The number of aliphatic hydroxyl groups excluding tert-OH is 1. The van der Waals surface area contributed by atoms with Gasteiger partial charge in [-0.15, -0.1) is 0 Å². The van der Waals surface area contributed by atoms with E-state index in [9.17, 15) is 24.4 Å². The molecule has 0 spiro atoms. The summed E-state index contributed by atoms with van der Waals surface area (Å²) in [6.07, 6.45) is -3.94. The average molecular weight is 674 g/mol. The number of halogens is 3. The van der Waals surface area contributed by atoms with Crippen LogP contribution in [0.15, 0.2) is 61.4 Å². The van der Waals surface area contributed by atoms with Crippen LogP contribution in [-0.4, -0.2) is 57.0 Å². The molecule has 0 aliphatic carbocycles. The molecule has 0 amide bonds. The van der Waals surface area contributed by atoms with E-state index in [1.54, 1.807) is 44.2 Å². The van der Waals surface area contributed by atoms with Crippen molar-refractivity contribution in [2.75, 3.05) is 6.61 Å². The van der Waals surface area contributed by atoms with Gasteiger partial charge in [-0.25, -0.2) is 18.4 Å². The lowest BCUT2D eigenvalue weighted by molar-refractivity contribution is -0.203. The van der Waals surface area contributed by atoms with E-state index in [2.05, 4.69) is 20.7 Å². The second-order valence-corrected chi connectivity index (χ2v) is 11.7. The molecule has 42 heavy (non-hydrogen) atoms. The summed E-state index contributed by atoms with van der Waals surface area (Å²) in [6.45, 7) is 4.40. The van der Waals surface area contributed by atoms with Gasteiger partial charge in [0.05, 0.1) is 10.6 Å². The fraction of sp³-hybridized carbons (Fsp3) is 0.423. The highest BCUT2D eigenvalue weighted by Gasteiger charge is 2.65. The molecule has 2 N–H and O–H groups in total. The van der Waals surface area contributed by atoms with Crippen molar-refractivity contribution in [1.29, 1.82) is 0 Å². The smallest absolute Gasteiger partial charge is 0.395 e. The lowest BCUT2D eigenvalue weighted by atomic mass is 9.97. The van der Waals surface area contributed by atoms with E-state index in [0.29, 0.717) is 15.3 Å². The van der Waals surface area contributed by atoms with Crippen molar-refractivity contribution in [3.8, 4) is 11.5 Å². The molecule has 0 bridgehead atoms. The van der Waals surface area contributed by atoms with Gasteiger partial charge in [0.25, 0.3) is 11.4 Å². The van der Waals surface area contributed by atoms with Crippen LogP contribution in [0.2, 0.25) is 0 Å². The summed E-state index contributed by atoms with van der Waals surface area (Å²) >= 11 is 2.92. The van der Waals surface area contributed by atoms with Gasteiger partial charge in [-0.3, -0.25) is 18.9 Å². The molecular formula is C26H27BrF2N3O9P. The number of nitrogens with one attached hydrogen (secondary N) is 1. The number of aromatic nitrogens is 2. The maximum atomic E-state index is 16.1. The van der Waals surface area contributed by atoms with Crippen molar-refractivity contribution < 1.29 is 42.3 Å². The fourth-order valence-electron chi connectivity index (χ4n) is 4.24. The lowest BCUT2D eigenvalue weighted by Crippen LogP contribution is -2.48. The van der Waals surface area contributed by atoms with E-state index < -0.39 is 68.0 Å². The van der Waals surface area contributed by atoms with Crippen molar-refractivity contribution in [3.63, 3.8) is 0 Å². The zero-order valence-electron chi connectivity index (χ0n) is 22.7. The summed E-state index contributed by atoms with van der Waals surface area (Å²) in [7, 11) is -2.84. The number of alkyl halides is 2. The van der Waals surface area contributed by atoms with Crippen LogP contribution < -0.4 is 25.4 Å². The number of fused-ring (bicyclic) bond motifs is 1. The van der Waals surface area contributed by atoms with Gasteiger partial charge < -0.3 is 24.2 Å². The maximum Gasteiger partial charge on any atom is 0.395 e. The highest BCUT2D eigenvalue weighted by atomic mass is 79.9. The van der Waals surface area contributed by atoms with E-state index in [1.807, 2.05) is 4.98 Å². The predicted octanol–water partition coefficient (Wildman–Crippen LogP) is 3.39. The van der Waals surface area contributed by atoms with Gasteiger partial charge in [0.2, 0.25) is 5.75 Å². The van der Waals surface area contributed by atoms with Gasteiger partial charge in [-0.05, 0) is 55.1 Å². The second-order valence-electron chi connectivity index (χ2n) is 9.96. The molecule has 1 aliphatic rings. The zero-order valence-corrected chi connectivity index (χ0v) is 25.2. The lowest BCUT2D eigenvalue weighted by Gasteiger charge is -2.25. The molecule has 1 aliphatic heterocycles. The second kappa shape index (κ2) is 12.2. The highest BCUT2D eigenvalue weighted by molar-refractivity contribution is 9.10. The Bertz CT molecular complexity index is 1650. The number of H-pyrrole nitrogens is 1. The third kappa shape index (κ3) is 6.40. The number of carbonyl (C=O) groups is 1.